The smallest absolute Gasteiger partial charge is 0.312 e. The zero-order chi connectivity index (χ0) is 19.0. The van der Waals surface area contributed by atoms with Gasteiger partial charge in [0.1, 0.15) is 6.10 Å². The molecule has 3 fully saturated rings. The molecule has 0 aromatic heterocycles. The summed E-state index contributed by atoms with van der Waals surface area (Å²) in [5, 5.41) is 0.610. The molecule has 1 aromatic carbocycles. The van der Waals surface area contributed by atoms with Gasteiger partial charge in [-0.2, -0.15) is 0 Å². The lowest BCUT2D eigenvalue weighted by molar-refractivity contribution is -0.150. The molecule has 0 saturated carbocycles. The summed E-state index contributed by atoms with van der Waals surface area (Å²) in [4.78, 5) is 29.6. The fourth-order valence-corrected chi connectivity index (χ4v) is 4.83. The van der Waals surface area contributed by atoms with Crippen molar-refractivity contribution in [2.75, 3.05) is 32.7 Å². The highest BCUT2D eigenvalue weighted by Crippen LogP contribution is 2.43. The van der Waals surface area contributed by atoms with Gasteiger partial charge in [-0.15, -0.1) is 0 Å². The van der Waals surface area contributed by atoms with E-state index in [9.17, 15) is 9.59 Å². The number of rotatable bonds is 3. The fourth-order valence-electron chi connectivity index (χ4n) is 4.65. The molecule has 3 heterocycles. The van der Waals surface area contributed by atoms with Gasteiger partial charge in [0.15, 0.2) is 0 Å². The molecule has 1 unspecified atom stereocenters. The topological polar surface area (TPSA) is 49.9 Å². The van der Waals surface area contributed by atoms with E-state index in [-0.39, 0.29) is 18.0 Å². The van der Waals surface area contributed by atoms with Crippen LogP contribution in [-0.4, -0.2) is 60.5 Å². The van der Waals surface area contributed by atoms with Crippen LogP contribution in [0.3, 0.4) is 0 Å². The second kappa shape index (κ2) is 7.44. The van der Waals surface area contributed by atoms with Gasteiger partial charge in [0.05, 0.1) is 5.41 Å². The van der Waals surface area contributed by atoms with Gasteiger partial charge >= 0.3 is 5.97 Å². The zero-order valence-corrected chi connectivity index (χ0v) is 16.6. The molecule has 5 nitrogen and oxygen atoms in total. The van der Waals surface area contributed by atoms with E-state index >= 15 is 0 Å². The minimum Gasteiger partial charge on any atom is -0.461 e. The number of carbonyl (C=O) groups is 2. The number of benzene rings is 1. The Hall–Kier alpha value is -1.59. The Balaban J connectivity index is 1.37. The van der Waals surface area contributed by atoms with E-state index in [0.29, 0.717) is 36.5 Å². The average molecular weight is 391 g/mol. The van der Waals surface area contributed by atoms with Gasteiger partial charge in [-0.05, 0) is 63.4 Å². The van der Waals surface area contributed by atoms with Crippen molar-refractivity contribution in [1.29, 1.82) is 0 Å². The summed E-state index contributed by atoms with van der Waals surface area (Å²) in [6.07, 6.45) is 4.66. The van der Waals surface area contributed by atoms with Crippen molar-refractivity contribution in [2.24, 2.45) is 5.41 Å². The van der Waals surface area contributed by atoms with Gasteiger partial charge in [0.2, 0.25) is 0 Å². The Morgan fingerprint density at radius 1 is 1.22 bits per heavy atom. The predicted molar refractivity (Wildman–Crippen MR) is 104 cm³/mol. The number of carbonyl (C=O) groups excluding carboxylic acids is 2. The molecular formula is C21H27ClN2O3. The molecule has 0 N–H and O–H groups in total. The Morgan fingerprint density at radius 3 is 2.59 bits per heavy atom. The van der Waals surface area contributed by atoms with E-state index in [1.165, 1.54) is 12.8 Å². The van der Waals surface area contributed by atoms with Crippen LogP contribution in [0, 0.1) is 12.3 Å². The molecular weight excluding hydrogens is 364 g/mol. The first-order valence-corrected chi connectivity index (χ1v) is 10.3. The molecule has 1 amide bonds. The van der Waals surface area contributed by atoms with Crippen molar-refractivity contribution in [2.45, 2.75) is 45.1 Å². The van der Waals surface area contributed by atoms with Gasteiger partial charge in [0.25, 0.3) is 5.91 Å². The van der Waals surface area contributed by atoms with Gasteiger partial charge in [-0.25, -0.2) is 0 Å². The summed E-state index contributed by atoms with van der Waals surface area (Å²) in [6.45, 7) is 6.19. The maximum atomic E-state index is 12.8. The van der Waals surface area contributed by atoms with Crippen molar-refractivity contribution < 1.29 is 14.3 Å². The summed E-state index contributed by atoms with van der Waals surface area (Å²) < 4.78 is 5.72. The van der Waals surface area contributed by atoms with Crippen molar-refractivity contribution in [3.63, 3.8) is 0 Å². The number of likely N-dealkylation sites (tertiary alicyclic amines) is 2. The van der Waals surface area contributed by atoms with Crippen molar-refractivity contribution in [3.8, 4) is 0 Å². The SMILES string of the molecule is Cc1ccc(C(=O)N2CCC3(CC2)CC(CN2CCCC2)OC3=O)cc1Cl. The van der Waals surface area contributed by atoms with Crippen molar-refractivity contribution in [1.82, 2.24) is 9.80 Å². The van der Waals surface area contributed by atoms with E-state index in [0.717, 1.165) is 31.6 Å². The number of nitrogens with zero attached hydrogens (tertiary/aromatic N) is 2. The molecule has 1 aromatic rings. The summed E-state index contributed by atoms with van der Waals surface area (Å²) in [5.74, 6) is -0.0658. The first kappa shape index (κ1) is 18.8. The second-order valence-corrected chi connectivity index (χ2v) is 8.68. The van der Waals surface area contributed by atoms with E-state index in [1.807, 2.05) is 24.0 Å². The quantitative estimate of drug-likeness (QED) is 0.743. The number of hydrogen-bond acceptors (Lipinski definition) is 4. The Bertz CT molecular complexity index is 737. The van der Waals surface area contributed by atoms with Gasteiger partial charge in [-0.1, -0.05) is 17.7 Å². The number of esters is 1. The minimum absolute atomic E-state index is 0.00766. The molecule has 0 aliphatic carbocycles. The molecule has 4 rings (SSSR count). The number of hydrogen-bond donors (Lipinski definition) is 0. The molecule has 27 heavy (non-hydrogen) atoms. The van der Waals surface area contributed by atoms with E-state index in [2.05, 4.69) is 4.90 Å². The molecule has 1 spiro atoms. The van der Waals surface area contributed by atoms with Gasteiger partial charge < -0.3 is 9.64 Å². The standard InChI is InChI=1S/C21H27ClN2O3/c1-15-4-5-16(12-18(15)22)19(25)24-10-6-21(7-11-24)13-17(27-20(21)26)14-23-8-2-3-9-23/h4-5,12,17H,2-3,6-11,13-14H2,1H3. The lowest BCUT2D eigenvalue weighted by atomic mass is 9.76. The fraction of sp³-hybridized carbons (Fsp3) is 0.619. The monoisotopic (exact) mass is 390 g/mol. The highest BCUT2D eigenvalue weighted by Gasteiger charge is 2.51. The summed E-state index contributed by atoms with van der Waals surface area (Å²) in [6, 6.07) is 5.43. The third kappa shape index (κ3) is 3.72. The van der Waals surface area contributed by atoms with Crippen LogP contribution in [-0.2, 0) is 9.53 Å². The third-order valence-corrected chi connectivity index (χ3v) is 6.82. The molecule has 1 atom stereocenters. The number of aryl methyl sites for hydroxylation is 1. The van der Waals surface area contributed by atoms with Crippen molar-refractivity contribution in [3.05, 3.63) is 34.3 Å². The van der Waals surface area contributed by atoms with Crippen LogP contribution < -0.4 is 0 Å². The van der Waals surface area contributed by atoms with Crippen LogP contribution >= 0.6 is 11.6 Å². The minimum atomic E-state index is -0.397. The number of halogens is 1. The second-order valence-electron chi connectivity index (χ2n) is 8.28. The summed E-state index contributed by atoms with van der Waals surface area (Å²) in [5.41, 5.74) is 1.18. The first-order chi connectivity index (χ1) is 13.0. The highest BCUT2D eigenvalue weighted by molar-refractivity contribution is 6.31. The van der Waals surface area contributed by atoms with Crippen LogP contribution in [0.2, 0.25) is 5.02 Å². The molecule has 3 aliphatic rings. The lowest BCUT2D eigenvalue weighted by Gasteiger charge is -2.36. The molecule has 3 aliphatic heterocycles. The van der Waals surface area contributed by atoms with E-state index < -0.39 is 5.41 Å². The molecule has 3 saturated heterocycles. The van der Waals surface area contributed by atoms with Gasteiger partial charge in [-0.3, -0.25) is 14.5 Å². The number of piperidine rings is 1. The predicted octanol–water partition coefficient (Wildman–Crippen LogP) is 3.28. The molecule has 0 radical (unpaired) electrons. The number of cyclic esters (lactones) is 1. The van der Waals surface area contributed by atoms with Gasteiger partial charge in [0, 0.05) is 36.6 Å². The number of ether oxygens (including phenoxy) is 1. The van der Waals surface area contributed by atoms with Crippen LogP contribution in [0.25, 0.3) is 0 Å². The van der Waals surface area contributed by atoms with Crippen LogP contribution in [0.5, 0.6) is 0 Å². The average Bonchev–Trinajstić information content (AvgIpc) is 3.26. The highest BCUT2D eigenvalue weighted by atomic mass is 35.5. The first-order valence-electron chi connectivity index (χ1n) is 9.96. The normalized spacial score (nSPS) is 25.2. The Morgan fingerprint density at radius 2 is 1.93 bits per heavy atom. The maximum Gasteiger partial charge on any atom is 0.312 e. The number of amides is 1. The van der Waals surface area contributed by atoms with E-state index in [1.54, 1.807) is 6.07 Å². The molecule has 0 bridgehead atoms. The van der Waals surface area contributed by atoms with Crippen LogP contribution in [0.15, 0.2) is 18.2 Å². The zero-order valence-electron chi connectivity index (χ0n) is 15.9. The van der Waals surface area contributed by atoms with E-state index in [4.69, 9.17) is 16.3 Å². The van der Waals surface area contributed by atoms with Crippen LogP contribution in [0.4, 0.5) is 0 Å². The molecule has 6 heteroatoms. The Kier molecular flexibility index (Phi) is 5.17. The third-order valence-electron chi connectivity index (χ3n) is 6.41. The molecule has 146 valence electrons. The Labute approximate surface area is 165 Å². The maximum absolute atomic E-state index is 12.8. The largest absolute Gasteiger partial charge is 0.461 e. The summed E-state index contributed by atoms with van der Waals surface area (Å²) in [7, 11) is 0. The lowest BCUT2D eigenvalue weighted by Crippen LogP contribution is -2.45. The van der Waals surface area contributed by atoms with Crippen LogP contribution in [0.1, 0.15) is 48.0 Å². The van der Waals surface area contributed by atoms with Crippen molar-refractivity contribution >= 4 is 23.5 Å². The summed E-state index contributed by atoms with van der Waals surface area (Å²) >= 11 is 6.16.